The molecule has 0 aromatic heterocycles. The summed E-state index contributed by atoms with van der Waals surface area (Å²) in [6.45, 7) is 0. The number of benzene rings is 1. The lowest BCUT2D eigenvalue weighted by molar-refractivity contribution is 0.0694. The number of nitrogen functional groups attached to an aromatic ring is 2. The molecule has 1 aromatic rings. The number of carbonyl (C=O) groups is 2. The molecule has 0 saturated carbocycles. The van der Waals surface area contributed by atoms with Crippen molar-refractivity contribution in [1.29, 1.82) is 0 Å². The summed E-state index contributed by atoms with van der Waals surface area (Å²) in [4.78, 5) is 24.1. The third-order valence-electron chi connectivity index (χ3n) is 2.31. The first kappa shape index (κ1) is 8.55. The molecule has 0 bridgehead atoms. The number of rotatable bonds is 0. The van der Waals surface area contributed by atoms with Crippen molar-refractivity contribution < 1.29 is 9.59 Å². The second-order valence-electron chi connectivity index (χ2n) is 3.16. The molecule has 2 amide bonds. The highest BCUT2D eigenvalue weighted by molar-refractivity contribution is 6.25. The van der Waals surface area contributed by atoms with Crippen LogP contribution in [0.15, 0.2) is 12.1 Å². The van der Waals surface area contributed by atoms with Crippen LogP contribution in [-0.2, 0) is 0 Å². The monoisotopic (exact) mass is 191 g/mol. The van der Waals surface area contributed by atoms with E-state index in [4.69, 9.17) is 11.5 Å². The first-order chi connectivity index (χ1) is 6.54. The van der Waals surface area contributed by atoms with Gasteiger partial charge in [0, 0.05) is 18.4 Å². The van der Waals surface area contributed by atoms with Gasteiger partial charge in [-0.2, -0.15) is 0 Å². The quantitative estimate of drug-likeness (QED) is 0.448. The standard InChI is InChI=1S/C9H9N3O2/c1-12-8(13)6-4(10)2-3-5(11)7(6)9(12)14/h2-3H,10-11H2,1H3. The van der Waals surface area contributed by atoms with Gasteiger partial charge in [0.05, 0.1) is 11.1 Å². The molecular weight excluding hydrogens is 182 g/mol. The molecule has 0 radical (unpaired) electrons. The van der Waals surface area contributed by atoms with E-state index in [1.165, 1.54) is 19.2 Å². The number of fused-ring (bicyclic) bond motifs is 1. The average molecular weight is 191 g/mol. The Kier molecular flexibility index (Phi) is 1.51. The average Bonchev–Trinajstić information content (AvgIpc) is 2.38. The van der Waals surface area contributed by atoms with Crippen LogP contribution >= 0.6 is 0 Å². The van der Waals surface area contributed by atoms with Crippen LogP contribution in [0.1, 0.15) is 20.7 Å². The minimum Gasteiger partial charge on any atom is -0.398 e. The van der Waals surface area contributed by atoms with Crippen LogP contribution in [0.5, 0.6) is 0 Å². The molecule has 0 fully saturated rings. The maximum atomic E-state index is 11.5. The zero-order chi connectivity index (χ0) is 10.5. The summed E-state index contributed by atoms with van der Waals surface area (Å²) >= 11 is 0. The predicted octanol–water partition coefficient (Wildman–Crippen LogP) is 0.0768. The minimum atomic E-state index is -0.394. The van der Waals surface area contributed by atoms with E-state index < -0.39 is 11.8 Å². The van der Waals surface area contributed by atoms with Gasteiger partial charge in [0.25, 0.3) is 11.8 Å². The van der Waals surface area contributed by atoms with Gasteiger partial charge in [0.15, 0.2) is 0 Å². The van der Waals surface area contributed by atoms with Crippen LogP contribution in [0.4, 0.5) is 11.4 Å². The molecule has 0 aliphatic carbocycles. The fourth-order valence-corrected chi connectivity index (χ4v) is 1.52. The normalized spacial score (nSPS) is 14.8. The maximum Gasteiger partial charge on any atom is 0.263 e. The molecule has 0 spiro atoms. The van der Waals surface area contributed by atoms with Gasteiger partial charge in [0.2, 0.25) is 0 Å². The third-order valence-corrected chi connectivity index (χ3v) is 2.31. The van der Waals surface area contributed by atoms with E-state index in [-0.39, 0.29) is 22.5 Å². The van der Waals surface area contributed by atoms with E-state index in [0.29, 0.717) is 0 Å². The molecule has 14 heavy (non-hydrogen) atoms. The summed E-state index contributed by atoms with van der Waals surface area (Å²) < 4.78 is 0. The van der Waals surface area contributed by atoms with E-state index in [0.717, 1.165) is 4.90 Å². The van der Waals surface area contributed by atoms with Crippen molar-refractivity contribution in [2.45, 2.75) is 0 Å². The predicted molar refractivity (Wildman–Crippen MR) is 51.7 cm³/mol. The SMILES string of the molecule is CN1C(=O)c2c(N)ccc(N)c2C1=O. The van der Waals surface area contributed by atoms with Gasteiger partial charge in [-0.1, -0.05) is 0 Å². The van der Waals surface area contributed by atoms with Crippen LogP contribution in [0, 0.1) is 0 Å². The number of amides is 2. The second-order valence-corrected chi connectivity index (χ2v) is 3.16. The lowest BCUT2D eigenvalue weighted by Crippen LogP contribution is -2.24. The highest BCUT2D eigenvalue weighted by atomic mass is 16.2. The van der Waals surface area contributed by atoms with Crippen LogP contribution in [0.25, 0.3) is 0 Å². The van der Waals surface area contributed by atoms with Crippen molar-refractivity contribution >= 4 is 23.2 Å². The smallest absolute Gasteiger partial charge is 0.263 e. The lowest BCUT2D eigenvalue weighted by Gasteiger charge is -2.03. The number of carbonyl (C=O) groups excluding carboxylic acids is 2. The Labute approximate surface area is 80.3 Å². The largest absolute Gasteiger partial charge is 0.398 e. The molecule has 2 rings (SSSR count). The number of nitrogens with two attached hydrogens (primary N) is 2. The summed E-state index contributed by atoms with van der Waals surface area (Å²) in [5.41, 5.74) is 12.2. The van der Waals surface area contributed by atoms with Crippen LogP contribution in [0.3, 0.4) is 0 Å². The van der Waals surface area contributed by atoms with E-state index in [9.17, 15) is 9.59 Å². The molecule has 0 atom stereocenters. The van der Waals surface area contributed by atoms with Crippen LogP contribution in [-0.4, -0.2) is 23.8 Å². The lowest BCUT2D eigenvalue weighted by atomic mass is 10.1. The molecule has 1 aliphatic heterocycles. The molecule has 0 unspecified atom stereocenters. The van der Waals surface area contributed by atoms with Crippen molar-refractivity contribution in [1.82, 2.24) is 4.90 Å². The van der Waals surface area contributed by atoms with Crippen molar-refractivity contribution in [3.63, 3.8) is 0 Å². The Hall–Kier alpha value is -2.04. The Morgan fingerprint density at radius 3 is 1.71 bits per heavy atom. The van der Waals surface area contributed by atoms with Gasteiger partial charge in [-0.25, -0.2) is 0 Å². The molecule has 0 saturated heterocycles. The van der Waals surface area contributed by atoms with Crippen LogP contribution in [0.2, 0.25) is 0 Å². The summed E-state index contributed by atoms with van der Waals surface area (Å²) in [6, 6.07) is 3.05. The zero-order valence-corrected chi connectivity index (χ0v) is 7.57. The third kappa shape index (κ3) is 0.834. The Balaban J connectivity index is 2.80. The molecule has 1 heterocycles. The minimum absolute atomic E-state index is 0.220. The fraction of sp³-hybridized carbons (Fsp3) is 0.111. The Bertz CT molecular complexity index is 413. The summed E-state index contributed by atoms with van der Waals surface area (Å²) in [7, 11) is 1.41. The maximum absolute atomic E-state index is 11.5. The number of hydrogen-bond acceptors (Lipinski definition) is 4. The molecular formula is C9H9N3O2. The summed E-state index contributed by atoms with van der Waals surface area (Å²) in [5.74, 6) is -0.787. The van der Waals surface area contributed by atoms with Crippen LogP contribution < -0.4 is 11.5 Å². The molecule has 4 N–H and O–H groups in total. The summed E-state index contributed by atoms with van der Waals surface area (Å²) in [6.07, 6.45) is 0. The van der Waals surface area contributed by atoms with Gasteiger partial charge in [-0.05, 0) is 12.1 Å². The highest BCUT2D eigenvalue weighted by Crippen LogP contribution is 2.30. The first-order valence-electron chi connectivity index (χ1n) is 4.04. The second kappa shape index (κ2) is 2.47. The molecule has 72 valence electrons. The number of nitrogens with zero attached hydrogens (tertiary/aromatic N) is 1. The fourth-order valence-electron chi connectivity index (χ4n) is 1.52. The molecule has 5 heteroatoms. The first-order valence-corrected chi connectivity index (χ1v) is 4.04. The van der Waals surface area contributed by atoms with Crippen molar-refractivity contribution in [2.24, 2.45) is 0 Å². The van der Waals surface area contributed by atoms with Gasteiger partial charge < -0.3 is 11.5 Å². The molecule has 5 nitrogen and oxygen atoms in total. The number of imide groups is 1. The Morgan fingerprint density at radius 2 is 1.36 bits per heavy atom. The highest BCUT2D eigenvalue weighted by Gasteiger charge is 2.36. The molecule has 1 aliphatic rings. The van der Waals surface area contributed by atoms with E-state index >= 15 is 0 Å². The zero-order valence-electron chi connectivity index (χ0n) is 7.57. The van der Waals surface area contributed by atoms with Crippen molar-refractivity contribution in [3.05, 3.63) is 23.3 Å². The summed E-state index contributed by atoms with van der Waals surface area (Å²) in [5, 5.41) is 0. The van der Waals surface area contributed by atoms with Gasteiger partial charge >= 0.3 is 0 Å². The van der Waals surface area contributed by atoms with E-state index in [2.05, 4.69) is 0 Å². The Morgan fingerprint density at radius 1 is 1.00 bits per heavy atom. The van der Waals surface area contributed by atoms with Gasteiger partial charge in [-0.15, -0.1) is 0 Å². The number of anilines is 2. The van der Waals surface area contributed by atoms with E-state index in [1.54, 1.807) is 0 Å². The van der Waals surface area contributed by atoms with Crippen molar-refractivity contribution in [3.8, 4) is 0 Å². The van der Waals surface area contributed by atoms with Gasteiger partial charge in [-0.3, -0.25) is 14.5 Å². The molecule has 1 aromatic carbocycles. The van der Waals surface area contributed by atoms with Crippen molar-refractivity contribution in [2.75, 3.05) is 18.5 Å². The van der Waals surface area contributed by atoms with E-state index in [1.807, 2.05) is 0 Å². The topological polar surface area (TPSA) is 89.4 Å². The van der Waals surface area contributed by atoms with Gasteiger partial charge in [0.1, 0.15) is 0 Å². The number of hydrogen-bond donors (Lipinski definition) is 2.